The van der Waals surface area contributed by atoms with Crippen LogP contribution in [0.25, 0.3) is 10.2 Å². The Morgan fingerprint density at radius 3 is 2.96 bits per heavy atom. The molecule has 2 aliphatic rings. The van der Waals surface area contributed by atoms with Crippen molar-refractivity contribution in [1.82, 2.24) is 4.98 Å². The summed E-state index contributed by atoms with van der Waals surface area (Å²) in [5.74, 6) is 0.336. The minimum atomic E-state index is 0.157. The summed E-state index contributed by atoms with van der Waals surface area (Å²) in [5, 5.41) is 4.10. The lowest BCUT2D eigenvalue weighted by Crippen LogP contribution is -2.29. The summed E-state index contributed by atoms with van der Waals surface area (Å²) in [4.78, 5) is 5.85. The molecule has 4 rings (SSSR count). The Balaban J connectivity index is 1.71. The van der Waals surface area contributed by atoms with Crippen molar-refractivity contribution in [2.24, 2.45) is 5.73 Å². The summed E-state index contributed by atoms with van der Waals surface area (Å²) in [6, 6.07) is 2.09. The van der Waals surface area contributed by atoms with Crippen molar-refractivity contribution in [2.75, 3.05) is 11.9 Å². The molecule has 25 heavy (non-hydrogen) atoms. The van der Waals surface area contributed by atoms with Gasteiger partial charge in [0, 0.05) is 29.4 Å². The Labute approximate surface area is 165 Å². The number of rotatable bonds is 4. The van der Waals surface area contributed by atoms with Crippen molar-refractivity contribution in [3.05, 3.63) is 44.4 Å². The monoisotopic (exact) mass is 437 g/mol. The fourth-order valence-corrected chi connectivity index (χ4v) is 6.10. The van der Waals surface area contributed by atoms with Gasteiger partial charge in [0.25, 0.3) is 0 Å². The van der Waals surface area contributed by atoms with Crippen LogP contribution in [0, 0.1) is 0 Å². The smallest absolute Gasteiger partial charge is 0.131 e. The molecule has 3 N–H and O–H groups in total. The number of fused-ring (bicyclic) bond motifs is 1. The van der Waals surface area contributed by atoms with E-state index in [1.165, 1.54) is 29.7 Å². The largest absolute Gasteiger partial charge is 0.380 e. The van der Waals surface area contributed by atoms with E-state index in [-0.39, 0.29) is 6.04 Å². The molecule has 0 unspecified atom stereocenters. The van der Waals surface area contributed by atoms with Gasteiger partial charge in [0.1, 0.15) is 5.15 Å². The molecular formula is C19H21BrClN3S. The molecule has 6 heteroatoms. The standard InChI is InChI=1S/C19H21BrClN3S/c20-16-17-19(25-18(16)12-7-3-4-8-13(12)22)14(9-15(21)24-17)23-10-11-5-1-2-6-11/h3-5,9,12-13H,1-2,6-8,10,22H2,(H,23,24)/t12-,13-/m0/s1. The number of nitrogens with two attached hydrogens (primary N) is 1. The average molecular weight is 439 g/mol. The predicted molar refractivity (Wildman–Crippen MR) is 112 cm³/mol. The number of anilines is 1. The van der Waals surface area contributed by atoms with Crippen LogP contribution in [-0.2, 0) is 0 Å². The number of hydrogen-bond donors (Lipinski definition) is 2. The second-order valence-electron chi connectivity index (χ2n) is 6.77. The van der Waals surface area contributed by atoms with E-state index in [1.54, 1.807) is 11.3 Å². The molecule has 0 aliphatic heterocycles. The van der Waals surface area contributed by atoms with Crippen LogP contribution >= 0.6 is 38.9 Å². The van der Waals surface area contributed by atoms with E-state index in [4.69, 9.17) is 17.3 Å². The fourth-order valence-electron chi connectivity index (χ4n) is 3.64. The van der Waals surface area contributed by atoms with Gasteiger partial charge < -0.3 is 11.1 Å². The molecule has 0 bridgehead atoms. The Hall–Kier alpha value is -0.880. The molecule has 0 spiro atoms. The van der Waals surface area contributed by atoms with Crippen molar-refractivity contribution in [2.45, 2.75) is 44.1 Å². The van der Waals surface area contributed by atoms with Crippen LogP contribution in [0.4, 0.5) is 5.69 Å². The minimum Gasteiger partial charge on any atom is -0.380 e. The van der Waals surface area contributed by atoms with Gasteiger partial charge in [-0.2, -0.15) is 0 Å². The quantitative estimate of drug-likeness (QED) is 0.455. The second-order valence-corrected chi connectivity index (χ2v) is 9.00. The normalized spacial score (nSPS) is 23.2. The van der Waals surface area contributed by atoms with Gasteiger partial charge in [-0.05, 0) is 48.0 Å². The zero-order valence-corrected chi connectivity index (χ0v) is 17.1. The van der Waals surface area contributed by atoms with Gasteiger partial charge in [-0.3, -0.25) is 0 Å². The zero-order chi connectivity index (χ0) is 17.4. The molecule has 0 saturated heterocycles. The van der Waals surface area contributed by atoms with Crippen molar-refractivity contribution in [3.63, 3.8) is 0 Å². The first-order chi connectivity index (χ1) is 12.1. The van der Waals surface area contributed by atoms with Gasteiger partial charge in [0.05, 0.1) is 20.4 Å². The molecule has 2 aromatic rings. The third-order valence-corrected chi connectivity index (χ3v) is 7.64. The first-order valence-corrected chi connectivity index (χ1v) is 10.7. The second kappa shape index (κ2) is 7.39. The van der Waals surface area contributed by atoms with E-state index in [9.17, 15) is 0 Å². The predicted octanol–water partition coefficient (Wildman–Crippen LogP) is 6.00. The highest BCUT2D eigenvalue weighted by molar-refractivity contribution is 9.10. The van der Waals surface area contributed by atoms with E-state index in [2.05, 4.69) is 44.5 Å². The lowest BCUT2D eigenvalue weighted by Gasteiger charge is -2.24. The molecule has 2 aliphatic carbocycles. The van der Waals surface area contributed by atoms with E-state index in [0.717, 1.165) is 39.8 Å². The SMILES string of the molecule is N[C@H]1CC=CC[C@@H]1c1sc2c(NCC3=CCCC3)cc(Cl)nc2c1Br. The average Bonchev–Trinajstić information content (AvgIpc) is 3.22. The van der Waals surface area contributed by atoms with Crippen LogP contribution < -0.4 is 11.1 Å². The fraction of sp³-hybridized carbons (Fsp3) is 0.421. The first-order valence-electron chi connectivity index (χ1n) is 8.74. The van der Waals surface area contributed by atoms with Crippen molar-refractivity contribution >= 4 is 54.8 Å². The van der Waals surface area contributed by atoms with Crippen molar-refractivity contribution < 1.29 is 0 Å². The van der Waals surface area contributed by atoms with Crippen LogP contribution in [0.5, 0.6) is 0 Å². The van der Waals surface area contributed by atoms with Gasteiger partial charge in [-0.1, -0.05) is 35.4 Å². The zero-order valence-electron chi connectivity index (χ0n) is 13.9. The molecule has 3 nitrogen and oxygen atoms in total. The Morgan fingerprint density at radius 2 is 2.20 bits per heavy atom. The number of nitrogens with zero attached hydrogens (tertiary/aromatic N) is 1. The molecule has 0 aromatic carbocycles. The van der Waals surface area contributed by atoms with Crippen molar-refractivity contribution in [3.8, 4) is 0 Å². The van der Waals surface area contributed by atoms with Crippen LogP contribution in [0.15, 0.2) is 34.3 Å². The summed E-state index contributed by atoms with van der Waals surface area (Å²) in [5.41, 5.74) is 9.87. The molecule has 2 atom stereocenters. The number of thiophene rings is 1. The summed E-state index contributed by atoms with van der Waals surface area (Å²) < 4.78 is 2.21. The van der Waals surface area contributed by atoms with Crippen LogP contribution in [-0.4, -0.2) is 17.6 Å². The van der Waals surface area contributed by atoms with Gasteiger partial charge in [-0.15, -0.1) is 11.3 Å². The molecule has 132 valence electrons. The number of hydrogen-bond acceptors (Lipinski definition) is 4. The van der Waals surface area contributed by atoms with E-state index >= 15 is 0 Å². The van der Waals surface area contributed by atoms with E-state index < -0.39 is 0 Å². The number of allylic oxidation sites excluding steroid dienone is 2. The van der Waals surface area contributed by atoms with Crippen LogP contribution in [0.1, 0.15) is 42.9 Å². The number of aromatic nitrogens is 1. The summed E-state index contributed by atoms with van der Waals surface area (Å²) in [6.07, 6.45) is 12.3. The third-order valence-electron chi connectivity index (χ3n) is 5.04. The highest BCUT2D eigenvalue weighted by Crippen LogP contribution is 2.45. The van der Waals surface area contributed by atoms with Gasteiger partial charge in [0.2, 0.25) is 0 Å². The molecule has 0 saturated carbocycles. The topological polar surface area (TPSA) is 50.9 Å². The summed E-state index contributed by atoms with van der Waals surface area (Å²) in [7, 11) is 0. The van der Waals surface area contributed by atoms with E-state index in [0.29, 0.717) is 11.1 Å². The Bertz CT molecular complexity index is 858. The number of halogens is 2. The lowest BCUT2D eigenvalue weighted by atomic mass is 9.88. The van der Waals surface area contributed by atoms with Gasteiger partial charge in [-0.25, -0.2) is 4.98 Å². The highest BCUT2D eigenvalue weighted by atomic mass is 79.9. The molecule has 2 heterocycles. The number of pyridine rings is 1. The minimum absolute atomic E-state index is 0.157. The van der Waals surface area contributed by atoms with Gasteiger partial charge in [0.15, 0.2) is 0 Å². The Morgan fingerprint density at radius 1 is 1.36 bits per heavy atom. The number of nitrogens with one attached hydrogen (secondary N) is 1. The summed E-state index contributed by atoms with van der Waals surface area (Å²) >= 11 is 11.9. The molecule has 2 aromatic heterocycles. The molecule has 0 radical (unpaired) electrons. The van der Waals surface area contributed by atoms with E-state index in [1.807, 2.05) is 6.07 Å². The maximum absolute atomic E-state index is 6.38. The molecule has 0 amide bonds. The van der Waals surface area contributed by atoms with Gasteiger partial charge >= 0.3 is 0 Å². The lowest BCUT2D eigenvalue weighted by molar-refractivity contribution is 0.527. The maximum atomic E-state index is 6.38. The maximum Gasteiger partial charge on any atom is 0.131 e. The van der Waals surface area contributed by atoms with Crippen molar-refractivity contribution in [1.29, 1.82) is 0 Å². The van der Waals surface area contributed by atoms with Crippen LogP contribution in [0.3, 0.4) is 0 Å². The molecular weight excluding hydrogens is 418 g/mol. The highest BCUT2D eigenvalue weighted by Gasteiger charge is 2.27. The Kier molecular flexibility index (Phi) is 5.18. The molecule has 0 fully saturated rings. The first kappa shape index (κ1) is 17.5. The van der Waals surface area contributed by atoms with Crippen LogP contribution in [0.2, 0.25) is 5.15 Å². The third kappa shape index (κ3) is 3.52. The summed E-state index contributed by atoms with van der Waals surface area (Å²) in [6.45, 7) is 0.881.